The van der Waals surface area contributed by atoms with Gasteiger partial charge in [-0.2, -0.15) is 0 Å². The lowest BCUT2D eigenvalue weighted by Crippen LogP contribution is -2.44. The number of carboxylic acid groups (broad SMARTS) is 1. The first-order chi connectivity index (χ1) is 11.5. The maximum Gasteiger partial charge on any atom is 0.315 e. The van der Waals surface area contributed by atoms with Crippen molar-refractivity contribution < 1.29 is 19.1 Å². The van der Waals surface area contributed by atoms with Crippen molar-refractivity contribution in [3.63, 3.8) is 0 Å². The van der Waals surface area contributed by atoms with Crippen molar-refractivity contribution in [1.82, 2.24) is 10.6 Å². The molecule has 1 saturated carbocycles. The lowest BCUT2D eigenvalue weighted by molar-refractivity contribution is -0.142. The third-order valence-electron chi connectivity index (χ3n) is 4.63. The molecule has 1 aliphatic carbocycles. The van der Waals surface area contributed by atoms with Gasteiger partial charge in [-0.1, -0.05) is 18.2 Å². The molecule has 2 amide bonds. The molecule has 1 unspecified atom stereocenters. The van der Waals surface area contributed by atoms with E-state index in [1.807, 2.05) is 37.3 Å². The van der Waals surface area contributed by atoms with E-state index in [0.717, 1.165) is 11.0 Å². The second-order valence-corrected chi connectivity index (χ2v) is 6.41. The standard InChI is InChI=1S/C18H22N2O4/c1-11(16-10-13-4-2-3-5-15(13)24-16)19-18(23)20-14-8-6-12(7-9-14)17(21)22/h2-5,10-12,14H,6-9H2,1H3,(H,21,22)(H2,19,20,23). The molecule has 0 bridgehead atoms. The number of carbonyl (C=O) groups excluding carboxylic acids is 1. The van der Waals surface area contributed by atoms with Gasteiger partial charge in [-0.25, -0.2) is 4.79 Å². The molecule has 0 aliphatic heterocycles. The van der Waals surface area contributed by atoms with E-state index in [0.29, 0.717) is 31.4 Å². The molecule has 128 valence electrons. The van der Waals surface area contributed by atoms with Gasteiger partial charge in [-0.3, -0.25) is 4.79 Å². The van der Waals surface area contributed by atoms with Crippen LogP contribution >= 0.6 is 0 Å². The van der Waals surface area contributed by atoms with Crippen molar-refractivity contribution in [1.29, 1.82) is 0 Å². The number of nitrogens with one attached hydrogen (secondary N) is 2. The molecule has 1 heterocycles. The SMILES string of the molecule is CC(NC(=O)NC1CCC(C(=O)O)CC1)c1cc2ccccc2o1. The molecular weight excluding hydrogens is 308 g/mol. The Morgan fingerprint density at radius 1 is 1.21 bits per heavy atom. The largest absolute Gasteiger partial charge is 0.481 e. The van der Waals surface area contributed by atoms with Gasteiger partial charge in [0.25, 0.3) is 0 Å². The van der Waals surface area contributed by atoms with Crippen LogP contribution in [0.1, 0.15) is 44.4 Å². The Morgan fingerprint density at radius 2 is 1.92 bits per heavy atom. The minimum Gasteiger partial charge on any atom is -0.481 e. The first-order valence-corrected chi connectivity index (χ1v) is 8.31. The number of para-hydroxylation sites is 1. The van der Waals surface area contributed by atoms with Crippen LogP contribution in [0.2, 0.25) is 0 Å². The first-order valence-electron chi connectivity index (χ1n) is 8.31. The maximum atomic E-state index is 12.1. The Hall–Kier alpha value is -2.50. The van der Waals surface area contributed by atoms with E-state index >= 15 is 0 Å². The van der Waals surface area contributed by atoms with E-state index in [9.17, 15) is 9.59 Å². The number of aliphatic carboxylic acids is 1. The summed E-state index contributed by atoms with van der Waals surface area (Å²) in [6.07, 6.45) is 2.62. The van der Waals surface area contributed by atoms with E-state index in [2.05, 4.69) is 10.6 Å². The fraction of sp³-hybridized carbons (Fsp3) is 0.444. The molecular formula is C18H22N2O4. The number of fused-ring (bicyclic) bond motifs is 1. The summed E-state index contributed by atoms with van der Waals surface area (Å²) in [5.74, 6) is -0.307. The van der Waals surface area contributed by atoms with Gasteiger partial charge in [0.1, 0.15) is 11.3 Å². The van der Waals surface area contributed by atoms with Gasteiger partial charge in [-0.15, -0.1) is 0 Å². The van der Waals surface area contributed by atoms with E-state index in [4.69, 9.17) is 9.52 Å². The van der Waals surface area contributed by atoms with Crippen LogP contribution in [0.4, 0.5) is 4.79 Å². The number of furan rings is 1. The zero-order valence-corrected chi connectivity index (χ0v) is 13.6. The average molecular weight is 330 g/mol. The minimum atomic E-state index is -0.739. The number of hydrogen-bond acceptors (Lipinski definition) is 3. The van der Waals surface area contributed by atoms with Crippen molar-refractivity contribution in [2.24, 2.45) is 5.92 Å². The van der Waals surface area contributed by atoms with Crippen LogP contribution in [0.3, 0.4) is 0 Å². The van der Waals surface area contributed by atoms with Crippen molar-refractivity contribution in [2.75, 3.05) is 0 Å². The molecule has 0 radical (unpaired) electrons. The number of urea groups is 1. The third kappa shape index (κ3) is 3.69. The Bertz CT molecular complexity index is 698. The Morgan fingerprint density at radius 3 is 2.58 bits per heavy atom. The zero-order chi connectivity index (χ0) is 17.1. The second-order valence-electron chi connectivity index (χ2n) is 6.41. The van der Waals surface area contributed by atoms with Crippen LogP contribution in [0, 0.1) is 5.92 Å². The van der Waals surface area contributed by atoms with E-state index in [1.165, 1.54) is 0 Å². The number of amides is 2. The van der Waals surface area contributed by atoms with Gasteiger partial charge >= 0.3 is 12.0 Å². The van der Waals surface area contributed by atoms with Crippen LogP contribution in [0.15, 0.2) is 34.7 Å². The highest BCUT2D eigenvalue weighted by Crippen LogP contribution is 2.25. The molecule has 2 aromatic rings. The predicted molar refractivity (Wildman–Crippen MR) is 89.7 cm³/mol. The smallest absolute Gasteiger partial charge is 0.315 e. The zero-order valence-electron chi connectivity index (χ0n) is 13.6. The predicted octanol–water partition coefficient (Wildman–Crippen LogP) is 3.44. The molecule has 6 nitrogen and oxygen atoms in total. The molecule has 1 aromatic heterocycles. The molecule has 1 fully saturated rings. The summed E-state index contributed by atoms with van der Waals surface area (Å²) in [5, 5.41) is 15.8. The average Bonchev–Trinajstić information content (AvgIpc) is 2.99. The van der Waals surface area contributed by atoms with Crippen LogP contribution < -0.4 is 10.6 Å². The van der Waals surface area contributed by atoms with Crippen LogP contribution in [-0.2, 0) is 4.79 Å². The monoisotopic (exact) mass is 330 g/mol. The highest BCUT2D eigenvalue weighted by atomic mass is 16.4. The molecule has 6 heteroatoms. The first kappa shape index (κ1) is 16.4. The van der Waals surface area contributed by atoms with Crippen LogP contribution in [0.25, 0.3) is 11.0 Å². The third-order valence-corrected chi connectivity index (χ3v) is 4.63. The number of benzene rings is 1. The lowest BCUT2D eigenvalue weighted by Gasteiger charge is -2.27. The quantitative estimate of drug-likeness (QED) is 0.801. The van der Waals surface area contributed by atoms with Crippen molar-refractivity contribution in [3.8, 4) is 0 Å². The Kier molecular flexibility index (Phi) is 4.74. The maximum absolute atomic E-state index is 12.1. The summed E-state index contributed by atoms with van der Waals surface area (Å²) >= 11 is 0. The van der Waals surface area contributed by atoms with Crippen molar-refractivity contribution >= 4 is 23.0 Å². The molecule has 1 aromatic carbocycles. The normalized spacial score (nSPS) is 22.0. The van der Waals surface area contributed by atoms with Gasteiger partial charge in [0, 0.05) is 11.4 Å². The van der Waals surface area contributed by atoms with Gasteiger partial charge in [0.2, 0.25) is 0 Å². The Labute approximate surface area is 140 Å². The van der Waals surface area contributed by atoms with Gasteiger partial charge in [-0.05, 0) is 44.7 Å². The van der Waals surface area contributed by atoms with Gasteiger partial charge in [0.05, 0.1) is 12.0 Å². The van der Waals surface area contributed by atoms with E-state index in [-0.39, 0.29) is 24.0 Å². The highest BCUT2D eigenvalue weighted by Gasteiger charge is 2.27. The number of rotatable bonds is 4. The summed E-state index contributed by atoms with van der Waals surface area (Å²) in [4.78, 5) is 23.1. The number of hydrogen-bond donors (Lipinski definition) is 3. The molecule has 3 N–H and O–H groups in total. The minimum absolute atomic E-state index is 0.0310. The summed E-state index contributed by atoms with van der Waals surface area (Å²) in [6, 6.07) is 9.19. The molecule has 24 heavy (non-hydrogen) atoms. The topological polar surface area (TPSA) is 91.6 Å². The number of carbonyl (C=O) groups is 2. The van der Waals surface area contributed by atoms with Crippen LogP contribution in [0.5, 0.6) is 0 Å². The summed E-state index contributed by atoms with van der Waals surface area (Å²) in [5.41, 5.74) is 0.800. The van der Waals surface area contributed by atoms with Crippen molar-refractivity contribution in [2.45, 2.75) is 44.7 Å². The summed E-state index contributed by atoms with van der Waals surface area (Å²) in [6.45, 7) is 1.87. The lowest BCUT2D eigenvalue weighted by atomic mass is 9.86. The van der Waals surface area contributed by atoms with E-state index in [1.54, 1.807) is 0 Å². The van der Waals surface area contributed by atoms with Gasteiger partial charge < -0.3 is 20.2 Å². The fourth-order valence-electron chi connectivity index (χ4n) is 3.20. The Balaban J connectivity index is 1.52. The fourth-order valence-corrected chi connectivity index (χ4v) is 3.20. The summed E-state index contributed by atoms with van der Waals surface area (Å²) in [7, 11) is 0. The van der Waals surface area contributed by atoms with Crippen molar-refractivity contribution in [3.05, 3.63) is 36.1 Å². The van der Waals surface area contributed by atoms with E-state index < -0.39 is 5.97 Å². The molecule has 1 aliphatic rings. The molecule has 0 saturated heterocycles. The summed E-state index contributed by atoms with van der Waals surface area (Å²) < 4.78 is 5.75. The van der Waals surface area contributed by atoms with Gasteiger partial charge in [0.15, 0.2) is 0 Å². The second kappa shape index (κ2) is 6.95. The number of carboxylic acids is 1. The van der Waals surface area contributed by atoms with Crippen LogP contribution in [-0.4, -0.2) is 23.1 Å². The molecule has 1 atom stereocenters. The molecule has 0 spiro atoms. The molecule has 3 rings (SSSR count). The highest BCUT2D eigenvalue weighted by molar-refractivity contribution is 5.78.